The summed E-state index contributed by atoms with van der Waals surface area (Å²) in [5, 5.41) is 20.0. The molecule has 0 aliphatic rings. The van der Waals surface area contributed by atoms with E-state index in [1.165, 1.54) is 29.8 Å². The number of benzene rings is 2. The van der Waals surface area contributed by atoms with E-state index in [-0.39, 0.29) is 5.69 Å². The van der Waals surface area contributed by atoms with Crippen LogP contribution < -0.4 is 0 Å². The fourth-order valence-electron chi connectivity index (χ4n) is 2.42. The third-order valence-corrected chi connectivity index (χ3v) is 3.61. The lowest BCUT2D eigenvalue weighted by Gasteiger charge is -2.12. The fraction of sp³-hybridized carbons (Fsp3) is 0.235. The van der Waals surface area contributed by atoms with Gasteiger partial charge in [-0.2, -0.15) is 0 Å². The first kappa shape index (κ1) is 15.7. The van der Waals surface area contributed by atoms with Crippen molar-refractivity contribution in [3.05, 3.63) is 75.8 Å². The Morgan fingerprint density at radius 2 is 1.73 bits per heavy atom. The van der Waals surface area contributed by atoms with Gasteiger partial charge in [0.1, 0.15) is 0 Å². The van der Waals surface area contributed by atoms with Gasteiger partial charge in [-0.25, -0.2) is 0 Å². The molecule has 2 aromatic carbocycles. The lowest BCUT2D eigenvalue weighted by Crippen LogP contribution is -2.12. The van der Waals surface area contributed by atoms with Gasteiger partial charge in [-0.3, -0.25) is 14.9 Å². The summed E-state index contributed by atoms with van der Waals surface area (Å²) in [5.74, 6) is -1.54. The highest BCUT2D eigenvalue weighted by Crippen LogP contribution is 2.24. The van der Waals surface area contributed by atoms with Crippen molar-refractivity contribution in [2.24, 2.45) is 0 Å². The second-order valence-corrected chi connectivity index (χ2v) is 5.12. The van der Waals surface area contributed by atoms with Crippen LogP contribution in [0.4, 0.5) is 5.69 Å². The smallest absolute Gasteiger partial charge is 0.310 e. The van der Waals surface area contributed by atoms with Crippen LogP contribution in [0.2, 0.25) is 0 Å². The summed E-state index contributed by atoms with van der Waals surface area (Å²) >= 11 is 0. The molecule has 0 bridgehead atoms. The average molecular weight is 299 g/mol. The highest BCUT2D eigenvalue weighted by molar-refractivity contribution is 5.76. The van der Waals surface area contributed by atoms with Crippen molar-refractivity contribution in [3.8, 4) is 0 Å². The van der Waals surface area contributed by atoms with E-state index in [9.17, 15) is 20.0 Å². The largest absolute Gasteiger partial charge is 0.481 e. The lowest BCUT2D eigenvalue weighted by atomic mass is 9.92. The Balaban J connectivity index is 2.00. The summed E-state index contributed by atoms with van der Waals surface area (Å²) in [6.07, 6.45) is 2.07. The Morgan fingerprint density at radius 1 is 1.09 bits per heavy atom. The molecule has 0 aliphatic heterocycles. The molecule has 0 saturated carbocycles. The van der Waals surface area contributed by atoms with Crippen LogP contribution in [0, 0.1) is 10.1 Å². The van der Waals surface area contributed by atoms with E-state index in [0.29, 0.717) is 12.0 Å². The molecule has 0 radical (unpaired) electrons. The number of aryl methyl sites for hydroxylation is 1. The van der Waals surface area contributed by atoms with Gasteiger partial charge in [-0.05, 0) is 30.4 Å². The number of nitro benzene ring substituents is 1. The molecule has 1 unspecified atom stereocenters. The molecule has 5 heteroatoms. The number of hydrogen-bond acceptors (Lipinski definition) is 3. The van der Waals surface area contributed by atoms with Crippen LogP contribution >= 0.6 is 0 Å². The van der Waals surface area contributed by atoms with Gasteiger partial charge >= 0.3 is 5.97 Å². The predicted molar refractivity (Wildman–Crippen MR) is 82.9 cm³/mol. The van der Waals surface area contributed by atoms with Gasteiger partial charge in [-0.15, -0.1) is 0 Å². The summed E-state index contributed by atoms with van der Waals surface area (Å²) in [4.78, 5) is 21.6. The topological polar surface area (TPSA) is 80.4 Å². The summed E-state index contributed by atoms with van der Waals surface area (Å²) in [5.41, 5.74) is 1.75. The van der Waals surface area contributed by atoms with Crippen molar-refractivity contribution < 1.29 is 14.8 Å². The van der Waals surface area contributed by atoms with Gasteiger partial charge in [0.2, 0.25) is 0 Å². The van der Waals surface area contributed by atoms with Crippen LogP contribution in [-0.2, 0) is 11.2 Å². The zero-order valence-electron chi connectivity index (χ0n) is 12.0. The Bertz CT molecular complexity index is 637. The molecular weight excluding hydrogens is 282 g/mol. The average Bonchev–Trinajstić information content (AvgIpc) is 2.52. The van der Waals surface area contributed by atoms with E-state index >= 15 is 0 Å². The molecule has 2 aromatic rings. The normalized spacial score (nSPS) is 11.8. The van der Waals surface area contributed by atoms with E-state index in [2.05, 4.69) is 0 Å². The van der Waals surface area contributed by atoms with E-state index in [1.54, 1.807) is 0 Å². The number of nitro groups is 1. The molecule has 114 valence electrons. The molecule has 5 nitrogen and oxygen atoms in total. The fourth-order valence-corrected chi connectivity index (χ4v) is 2.42. The number of non-ortho nitro benzene ring substituents is 1. The monoisotopic (exact) mass is 299 g/mol. The second kappa shape index (κ2) is 7.36. The number of carboxylic acid groups (broad SMARTS) is 1. The van der Waals surface area contributed by atoms with Crippen LogP contribution in [0.25, 0.3) is 0 Å². The third kappa shape index (κ3) is 4.15. The minimum atomic E-state index is -0.901. The van der Waals surface area contributed by atoms with Crippen molar-refractivity contribution in [1.29, 1.82) is 0 Å². The van der Waals surface area contributed by atoms with Crippen molar-refractivity contribution in [1.82, 2.24) is 0 Å². The van der Waals surface area contributed by atoms with Crippen molar-refractivity contribution in [3.63, 3.8) is 0 Å². The van der Waals surface area contributed by atoms with Crippen LogP contribution in [0.1, 0.15) is 29.9 Å². The van der Waals surface area contributed by atoms with E-state index in [1.807, 2.05) is 30.3 Å². The van der Waals surface area contributed by atoms with Gasteiger partial charge in [0.25, 0.3) is 5.69 Å². The number of carboxylic acids is 1. The Morgan fingerprint density at radius 3 is 2.27 bits per heavy atom. The SMILES string of the molecule is O=C(O)C(CCCc1ccccc1)c1ccc([N+](=O)[O-])cc1. The van der Waals surface area contributed by atoms with Crippen molar-refractivity contribution in [2.75, 3.05) is 0 Å². The molecular formula is C17H17NO4. The van der Waals surface area contributed by atoms with Crippen LogP contribution in [-0.4, -0.2) is 16.0 Å². The van der Waals surface area contributed by atoms with Crippen LogP contribution in [0.3, 0.4) is 0 Å². The molecule has 0 amide bonds. The molecule has 0 fully saturated rings. The molecule has 0 aromatic heterocycles. The number of hydrogen-bond donors (Lipinski definition) is 1. The van der Waals surface area contributed by atoms with Gasteiger partial charge in [0.05, 0.1) is 10.8 Å². The molecule has 2 rings (SSSR count). The number of rotatable bonds is 7. The number of carbonyl (C=O) groups is 1. The zero-order chi connectivity index (χ0) is 15.9. The standard InChI is InChI=1S/C17H17NO4/c19-17(20)16(8-4-7-13-5-2-1-3-6-13)14-9-11-15(12-10-14)18(21)22/h1-3,5-6,9-12,16H,4,7-8H2,(H,19,20). The quantitative estimate of drug-likeness (QED) is 0.623. The Labute approximate surface area is 128 Å². The summed E-state index contributed by atoms with van der Waals surface area (Å²) < 4.78 is 0. The number of nitrogens with zero attached hydrogens (tertiary/aromatic N) is 1. The molecule has 22 heavy (non-hydrogen) atoms. The minimum Gasteiger partial charge on any atom is -0.481 e. The van der Waals surface area contributed by atoms with Gasteiger partial charge in [0.15, 0.2) is 0 Å². The first-order valence-corrected chi connectivity index (χ1v) is 7.09. The summed E-state index contributed by atoms with van der Waals surface area (Å²) in [7, 11) is 0. The van der Waals surface area contributed by atoms with Gasteiger partial charge in [-0.1, -0.05) is 42.5 Å². The first-order valence-electron chi connectivity index (χ1n) is 7.09. The third-order valence-electron chi connectivity index (χ3n) is 3.61. The predicted octanol–water partition coefficient (Wildman–Crippen LogP) is 3.79. The summed E-state index contributed by atoms with van der Waals surface area (Å²) in [6.45, 7) is 0. The lowest BCUT2D eigenvalue weighted by molar-refractivity contribution is -0.384. The highest BCUT2D eigenvalue weighted by atomic mass is 16.6. The van der Waals surface area contributed by atoms with Crippen molar-refractivity contribution in [2.45, 2.75) is 25.2 Å². The molecule has 0 saturated heterocycles. The number of aliphatic carboxylic acids is 1. The van der Waals surface area contributed by atoms with Crippen LogP contribution in [0.15, 0.2) is 54.6 Å². The van der Waals surface area contributed by atoms with E-state index < -0.39 is 16.8 Å². The Hall–Kier alpha value is -2.69. The Kier molecular flexibility index (Phi) is 5.25. The van der Waals surface area contributed by atoms with Crippen molar-refractivity contribution >= 4 is 11.7 Å². The molecule has 0 heterocycles. The minimum absolute atomic E-state index is 0.0304. The first-order chi connectivity index (χ1) is 10.6. The molecule has 1 atom stereocenters. The maximum absolute atomic E-state index is 11.4. The maximum atomic E-state index is 11.4. The summed E-state index contributed by atoms with van der Waals surface area (Å²) in [6, 6.07) is 15.6. The zero-order valence-corrected chi connectivity index (χ0v) is 12.0. The molecule has 0 aliphatic carbocycles. The second-order valence-electron chi connectivity index (χ2n) is 5.12. The van der Waals surface area contributed by atoms with E-state index in [0.717, 1.165) is 12.8 Å². The van der Waals surface area contributed by atoms with Gasteiger partial charge < -0.3 is 5.11 Å². The molecule has 1 N–H and O–H groups in total. The highest BCUT2D eigenvalue weighted by Gasteiger charge is 2.20. The van der Waals surface area contributed by atoms with Crippen LogP contribution in [0.5, 0.6) is 0 Å². The van der Waals surface area contributed by atoms with E-state index in [4.69, 9.17) is 0 Å². The maximum Gasteiger partial charge on any atom is 0.310 e. The molecule has 0 spiro atoms. The van der Waals surface area contributed by atoms with Gasteiger partial charge in [0, 0.05) is 12.1 Å².